The summed E-state index contributed by atoms with van der Waals surface area (Å²) in [5, 5.41) is 0. The van der Waals surface area contributed by atoms with Crippen LogP contribution in [0.1, 0.15) is 77.4 Å². The van der Waals surface area contributed by atoms with Crippen LogP contribution < -0.4 is 9.47 Å². The van der Waals surface area contributed by atoms with E-state index < -0.39 is 11.9 Å². The maximum Gasteiger partial charge on any atom is 0.343 e. The molecule has 0 saturated heterocycles. The van der Waals surface area contributed by atoms with Crippen molar-refractivity contribution in [2.75, 3.05) is 0 Å². The van der Waals surface area contributed by atoms with Crippen molar-refractivity contribution in [2.45, 2.75) is 59.3 Å². The number of aryl methyl sites for hydroxylation is 2. The molecule has 0 aliphatic heterocycles. The molecule has 0 bridgehead atoms. The Balaban J connectivity index is 2.12. The molecule has 3 rings (SSSR count). The average Bonchev–Trinajstić information content (AvgIpc) is 2.86. The highest BCUT2D eigenvalue weighted by Crippen LogP contribution is 2.40. The minimum absolute atomic E-state index is 0.347. The number of carbonyl (C=O) groups excluding carboxylic acids is 2. The van der Waals surface area contributed by atoms with Gasteiger partial charge < -0.3 is 9.47 Å². The molecule has 3 aromatic carbocycles. The molecule has 0 aliphatic carbocycles. The zero-order valence-corrected chi connectivity index (χ0v) is 19.7. The number of hydrogen-bond donors (Lipinski definition) is 0. The highest BCUT2D eigenvalue weighted by Gasteiger charge is 2.25. The van der Waals surface area contributed by atoms with E-state index in [4.69, 9.17) is 9.47 Å². The van der Waals surface area contributed by atoms with Crippen LogP contribution in [0.5, 0.6) is 11.5 Å². The minimum atomic E-state index is -0.467. The first kappa shape index (κ1) is 24.2. The molecule has 0 heterocycles. The third-order valence-electron chi connectivity index (χ3n) is 5.60. The molecule has 33 heavy (non-hydrogen) atoms. The number of esters is 2. The molecule has 0 unspecified atom stereocenters. The van der Waals surface area contributed by atoms with E-state index >= 15 is 0 Å². The van der Waals surface area contributed by atoms with E-state index in [1.807, 2.05) is 19.1 Å². The lowest BCUT2D eigenvalue weighted by molar-refractivity contribution is 0.0679. The highest BCUT2D eigenvalue weighted by molar-refractivity contribution is 5.93. The minimum Gasteiger partial charge on any atom is -0.419 e. The van der Waals surface area contributed by atoms with Gasteiger partial charge in [0, 0.05) is 5.56 Å². The molecular formula is C29H32O4. The smallest absolute Gasteiger partial charge is 0.343 e. The topological polar surface area (TPSA) is 52.6 Å². The van der Waals surface area contributed by atoms with Gasteiger partial charge in [0.15, 0.2) is 11.5 Å². The molecule has 0 aliphatic rings. The molecule has 0 atom stereocenters. The molecule has 0 aromatic heterocycles. The second kappa shape index (κ2) is 12.0. The van der Waals surface area contributed by atoms with E-state index in [0.29, 0.717) is 29.0 Å². The van der Waals surface area contributed by atoms with E-state index in [2.05, 4.69) is 19.9 Å². The Morgan fingerprint density at radius 2 is 1.21 bits per heavy atom. The molecule has 0 amide bonds. The van der Waals surface area contributed by atoms with E-state index in [-0.39, 0.29) is 0 Å². The summed E-state index contributed by atoms with van der Waals surface area (Å²) in [7, 11) is 0. The molecule has 0 N–H and O–H groups in total. The number of benzene rings is 3. The Hall–Kier alpha value is -3.40. The van der Waals surface area contributed by atoms with Crippen molar-refractivity contribution in [3.05, 3.63) is 94.5 Å². The summed E-state index contributed by atoms with van der Waals surface area (Å²) in [5.74, 6) is -0.203. The lowest BCUT2D eigenvalue weighted by atomic mass is 9.93. The van der Waals surface area contributed by atoms with E-state index in [9.17, 15) is 9.59 Å². The standard InChI is InChI=1S/C29H32O4/c1-4-7-15-24-20-21(6-3)26(32-28(30)22-16-10-8-11-17-22)27(25(24)14-5-2)33-29(31)23-18-12-9-13-19-23/h8-13,16-20H,4-7,14-15H2,1-3H3. The summed E-state index contributed by atoms with van der Waals surface area (Å²) in [6.07, 6.45) is 5.26. The van der Waals surface area contributed by atoms with Gasteiger partial charge in [-0.15, -0.1) is 0 Å². The van der Waals surface area contributed by atoms with Crippen molar-refractivity contribution in [3.8, 4) is 11.5 Å². The fourth-order valence-electron chi connectivity index (χ4n) is 3.84. The van der Waals surface area contributed by atoms with Crippen molar-refractivity contribution < 1.29 is 19.1 Å². The van der Waals surface area contributed by atoms with Crippen LogP contribution in [0, 0.1) is 0 Å². The van der Waals surface area contributed by atoms with E-state index in [0.717, 1.165) is 48.8 Å². The van der Waals surface area contributed by atoms with Gasteiger partial charge in [-0.05, 0) is 61.1 Å². The van der Waals surface area contributed by atoms with E-state index in [1.165, 1.54) is 0 Å². The SMILES string of the molecule is CCCCc1cc(CC)c(OC(=O)c2ccccc2)c(OC(=O)c2ccccc2)c1CCC. The van der Waals surface area contributed by atoms with Crippen molar-refractivity contribution in [2.24, 2.45) is 0 Å². The fourth-order valence-corrected chi connectivity index (χ4v) is 3.84. The first-order valence-corrected chi connectivity index (χ1v) is 11.8. The zero-order chi connectivity index (χ0) is 23.6. The van der Waals surface area contributed by atoms with Crippen LogP contribution >= 0.6 is 0 Å². The first-order valence-electron chi connectivity index (χ1n) is 11.8. The molecular weight excluding hydrogens is 412 g/mol. The Bertz CT molecular complexity index is 1070. The monoisotopic (exact) mass is 444 g/mol. The third kappa shape index (κ3) is 6.10. The van der Waals surface area contributed by atoms with Crippen LogP contribution in [0.15, 0.2) is 66.7 Å². The van der Waals surface area contributed by atoms with Crippen molar-refractivity contribution in [3.63, 3.8) is 0 Å². The Morgan fingerprint density at radius 3 is 1.70 bits per heavy atom. The van der Waals surface area contributed by atoms with Gasteiger partial charge in [0.1, 0.15) is 0 Å². The van der Waals surface area contributed by atoms with Gasteiger partial charge in [-0.1, -0.05) is 76.1 Å². The molecule has 0 spiro atoms. The molecule has 4 nitrogen and oxygen atoms in total. The van der Waals surface area contributed by atoms with Crippen LogP contribution in [0.2, 0.25) is 0 Å². The molecule has 0 saturated carbocycles. The van der Waals surface area contributed by atoms with Gasteiger partial charge in [-0.2, -0.15) is 0 Å². The summed E-state index contributed by atoms with van der Waals surface area (Å²) in [4.78, 5) is 26.0. The molecule has 0 radical (unpaired) electrons. The predicted octanol–water partition coefficient (Wildman–Crippen LogP) is 6.98. The highest BCUT2D eigenvalue weighted by atomic mass is 16.6. The predicted molar refractivity (Wildman–Crippen MR) is 131 cm³/mol. The van der Waals surface area contributed by atoms with E-state index in [1.54, 1.807) is 48.5 Å². The summed E-state index contributed by atoms with van der Waals surface area (Å²) in [6, 6.07) is 19.9. The number of hydrogen-bond acceptors (Lipinski definition) is 4. The summed E-state index contributed by atoms with van der Waals surface area (Å²) in [6.45, 7) is 6.27. The second-order valence-corrected chi connectivity index (χ2v) is 8.05. The van der Waals surface area contributed by atoms with Gasteiger partial charge in [-0.25, -0.2) is 9.59 Å². The van der Waals surface area contributed by atoms with Gasteiger partial charge in [0.05, 0.1) is 11.1 Å². The number of rotatable bonds is 10. The number of unbranched alkanes of at least 4 members (excludes halogenated alkanes) is 1. The third-order valence-corrected chi connectivity index (χ3v) is 5.60. The molecule has 4 heteroatoms. The van der Waals surface area contributed by atoms with Gasteiger partial charge in [0.2, 0.25) is 0 Å². The summed E-state index contributed by atoms with van der Waals surface area (Å²) < 4.78 is 11.9. The number of carbonyl (C=O) groups is 2. The van der Waals surface area contributed by atoms with Crippen molar-refractivity contribution >= 4 is 11.9 Å². The van der Waals surface area contributed by atoms with Crippen molar-refractivity contribution in [1.29, 1.82) is 0 Å². The van der Waals surface area contributed by atoms with Crippen LogP contribution in [-0.2, 0) is 19.3 Å². The lowest BCUT2D eigenvalue weighted by Gasteiger charge is -2.21. The fraction of sp³-hybridized carbons (Fsp3) is 0.310. The molecule has 3 aromatic rings. The van der Waals surface area contributed by atoms with Crippen molar-refractivity contribution in [1.82, 2.24) is 0 Å². The largest absolute Gasteiger partial charge is 0.419 e. The maximum atomic E-state index is 13.0. The summed E-state index contributed by atoms with van der Waals surface area (Å²) >= 11 is 0. The number of ether oxygens (including phenoxy) is 2. The van der Waals surface area contributed by atoms with Crippen LogP contribution in [-0.4, -0.2) is 11.9 Å². The average molecular weight is 445 g/mol. The Kier molecular flexibility index (Phi) is 8.82. The van der Waals surface area contributed by atoms with Gasteiger partial charge >= 0.3 is 11.9 Å². The van der Waals surface area contributed by atoms with Gasteiger partial charge in [0.25, 0.3) is 0 Å². The zero-order valence-electron chi connectivity index (χ0n) is 19.7. The van der Waals surface area contributed by atoms with Crippen LogP contribution in [0.3, 0.4) is 0 Å². The molecule has 0 fully saturated rings. The lowest BCUT2D eigenvalue weighted by Crippen LogP contribution is -2.16. The maximum absolute atomic E-state index is 13.0. The van der Waals surface area contributed by atoms with Crippen LogP contribution in [0.4, 0.5) is 0 Å². The summed E-state index contributed by atoms with van der Waals surface area (Å²) in [5.41, 5.74) is 3.87. The normalized spacial score (nSPS) is 10.6. The quantitative estimate of drug-likeness (QED) is 0.250. The molecule has 172 valence electrons. The Labute approximate surface area is 196 Å². The van der Waals surface area contributed by atoms with Gasteiger partial charge in [-0.3, -0.25) is 0 Å². The first-order chi connectivity index (χ1) is 16.1. The second-order valence-electron chi connectivity index (χ2n) is 8.05. The van der Waals surface area contributed by atoms with Crippen LogP contribution in [0.25, 0.3) is 0 Å². The Morgan fingerprint density at radius 1 is 0.667 bits per heavy atom.